The monoisotopic (exact) mass is 383 g/mol. The van der Waals surface area contributed by atoms with Crippen molar-refractivity contribution in [3.8, 4) is 0 Å². The molecule has 0 radical (unpaired) electrons. The van der Waals surface area contributed by atoms with E-state index < -0.39 is 5.91 Å². The number of hydrogen-bond acceptors (Lipinski definition) is 6. The lowest BCUT2D eigenvalue weighted by molar-refractivity contribution is 0.0997. The fraction of sp³-hybridized carbons (Fsp3) is 0.158. The van der Waals surface area contributed by atoms with Crippen LogP contribution in [0, 0.1) is 0 Å². The molecule has 8 heteroatoms. The highest BCUT2D eigenvalue weighted by Gasteiger charge is 2.19. The van der Waals surface area contributed by atoms with Crippen molar-refractivity contribution in [2.24, 2.45) is 10.7 Å². The predicted octanol–water partition coefficient (Wildman–Crippen LogP) is 3.18. The van der Waals surface area contributed by atoms with E-state index >= 15 is 0 Å². The predicted molar refractivity (Wildman–Crippen MR) is 112 cm³/mol. The topological polar surface area (TPSA) is 101 Å². The smallest absolute Gasteiger partial charge is 0.270 e. The van der Waals surface area contributed by atoms with E-state index in [1.54, 1.807) is 18.2 Å². The molecule has 0 fully saturated rings. The van der Waals surface area contributed by atoms with E-state index in [0.717, 1.165) is 11.3 Å². The number of primary amides is 1. The van der Waals surface area contributed by atoms with Gasteiger partial charge in [0.2, 0.25) is 0 Å². The molecule has 0 bridgehead atoms. The molecular weight excluding hydrogens is 362 g/mol. The van der Waals surface area contributed by atoms with Gasteiger partial charge in [0.1, 0.15) is 10.0 Å². The van der Waals surface area contributed by atoms with Crippen molar-refractivity contribution in [2.75, 3.05) is 24.3 Å². The van der Waals surface area contributed by atoms with Gasteiger partial charge in [0.15, 0.2) is 5.69 Å². The number of thiazole rings is 1. The van der Waals surface area contributed by atoms with Gasteiger partial charge in [-0.15, -0.1) is 0 Å². The first kappa shape index (κ1) is 20.1. The zero-order valence-corrected chi connectivity index (χ0v) is 16.2. The van der Waals surface area contributed by atoms with Crippen LogP contribution in [-0.4, -0.2) is 37.6 Å². The highest BCUT2D eigenvalue weighted by Crippen LogP contribution is 2.30. The summed E-state index contributed by atoms with van der Waals surface area (Å²) in [6.45, 7) is 5.22. The Hall–Kier alpha value is -3.26. The lowest BCUT2D eigenvalue weighted by Gasteiger charge is -2.12. The van der Waals surface area contributed by atoms with Crippen molar-refractivity contribution >= 4 is 46.1 Å². The Morgan fingerprint density at radius 2 is 1.96 bits per heavy atom. The summed E-state index contributed by atoms with van der Waals surface area (Å²) < 4.78 is 0. The molecule has 2 aromatic rings. The number of hydrogen-bond donors (Lipinski definition) is 2. The molecule has 0 aliphatic rings. The van der Waals surface area contributed by atoms with E-state index in [0.29, 0.717) is 15.6 Å². The maximum Gasteiger partial charge on any atom is 0.270 e. The van der Waals surface area contributed by atoms with E-state index in [2.05, 4.69) is 22.0 Å². The number of carbonyl (C=O) groups is 2. The third-order valence-electron chi connectivity index (χ3n) is 3.65. The summed E-state index contributed by atoms with van der Waals surface area (Å²) in [5.74, 6) is -1.06. The average Bonchev–Trinajstić information content (AvgIpc) is 3.06. The van der Waals surface area contributed by atoms with Crippen molar-refractivity contribution < 1.29 is 9.59 Å². The van der Waals surface area contributed by atoms with Gasteiger partial charge in [-0.3, -0.25) is 14.6 Å². The molecule has 0 saturated carbocycles. The number of anilines is 2. The third-order valence-corrected chi connectivity index (χ3v) is 4.67. The lowest BCUT2D eigenvalue weighted by Crippen LogP contribution is -2.17. The minimum atomic E-state index is -0.711. The third kappa shape index (κ3) is 4.89. The second kappa shape index (κ2) is 8.91. The summed E-state index contributed by atoms with van der Waals surface area (Å²) in [6.07, 6.45) is 5.05. The van der Waals surface area contributed by atoms with Crippen LogP contribution in [0.25, 0.3) is 5.57 Å². The number of carbonyl (C=O) groups excluding carboxylic acids is 2. The molecular formula is C19H21N5O2S. The second-order valence-electron chi connectivity index (χ2n) is 5.70. The van der Waals surface area contributed by atoms with Gasteiger partial charge in [0, 0.05) is 37.1 Å². The van der Waals surface area contributed by atoms with Crippen LogP contribution in [0.2, 0.25) is 0 Å². The largest absolute Gasteiger partial charge is 0.378 e. The molecule has 0 aliphatic heterocycles. The minimum Gasteiger partial charge on any atom is -0.378 e. The van der Waals surface area contributed by atoms with Crippen molar-refractivity contribution in [1.29, 1.82) is 0 Å². The molecule has 0 spiro atoms. The first-order valence-corrected chi connectivity index (χ1v) is 8.87. The highest BCUT2D eigenvalue weighted by molar-refractivity contribution is 7.17. The van der Waals surface area contributed by atoms with Crippen LogP contribution in [0.1, 0.15) is 32.8 Å². The van der Waals surface area contributed by atoms with Crippen LogP contribution in [-0.2, 0) is 0 Å². The summed E-state index contributed by atoms with van der Waals surface area (Å²) in [4.78, 5) is 34.1. The molecule has 2 amide bonds. The number of benzene rings is 1. The fourth-order valence-electron chi connectivity index (χ4n) is 2.21. The summed E-state index contributed by atoms with van der Waals surface area (Å²) in [6, 6.07) is 7.11. The molecule has 140 valence electrons. The van der Waals surface area contributed by atoms with Gasteiger partial charge in [-0.05, 0) is 44.0 Å². The molecule has 27 heavy (non-hydrogen) atoms. The maximum atomic E-state index is 12.5. The van der Waals surface area contributed by atoms with E-state index in [9.17, 15) is 9.59 Å². The number of nitrogens with two attached hydrogens (primary N) is 1. The van der Waals surface area contributed by atoms with Crippen LogP contribution in [0.4, 0.5) is 10.7 Å². The number of aromatic nitrogens is 1. The Morgan fingerprint density at radius 3 is 2.48 bits per heavy atom. The molecule has 1 heterocycles. The summed E-state index contributed by atoms with van der Waals surface area (Å²) in [5, 5.41) is 3.58. The summed E-state index contributed by atoms with van der Waals surface area (Å²) in [7, 11) is 3.84. The molecule has 0 unspecified atom stereocenters. The minimum absolute atomic E-state index is 0.0209. The van der Waals surface area contributed by atoms with Gasteiger partial charge >= 0.3 is 0 Å². The van der Waals surface area contributed by atoms with E-state index in [1.807, 2.05) is 44.1 Å². The van der Waals surface area contributed by atoms with Crippen molar-refractivity contribution in [3.63, 3.8) is 0 Å². The summed E-state index contributed by atoms with van der Waals surface area (Å²) in [5.41, 5.74) is 7.62. The highest BCUT2D eigenvalue weighted by atomic mass is 32.1. The summed E-state index contributed by atoms with van der Waals surface area (Å²) >= 11 is 1.17. The molecule has 2 rings (SSSR count). The number of rotatable bonds is 7. The van der Waals surface area contributed by atoms with Gasteiger partial charge in [0.25, 0.3) is 11.8 Å². The van der Waals surface area contributed by atoms with Crippen molar-refractivity contribution in [2.45, 2.75) is 6.92 Å². The number of allylic oxidation sites excluding steroid dienone is 3. The van der Waals surface area contributed by atoms with Crippen LogP contribution < -0.4 is 16.0 Å². The van der Waals surface area contributed by atoms with Crippen molar-refractivity contribution in [3.05, 3.63) is 58.9 Å². The lowest BCUT2D eigenvalue weighted by atomic mass is 10.2. The molecule has 0 saturated heterocycles. The van der Waals surface area contributed by atoms with Gasteiger partial charge in [-0.2, -0.15) is 0 Å². The second-order valence-corrected chi connectivity index (χ2v) is 6.70. The number of nitrogens with one attached hydrogen (secondary N) is 1. The van der Waals surface area contributed by atoms with E-state index in [4.69, 9.17) is 5.73 Å². The van der Waals surface area contributed by atoms with Crippen LogP contribution >= 0.6 is 11.3 Å². The van der Waals surface area contributed by atoms with Gasteiger partial charge in [-0.25, -0.2) is 4.98 Å². The first-order valence-electron chi connectivity index (χ1n) is 8.05. The molecule has 7 nitrogen and oxygen atoms in total. The Kier molecular flexibility index (Phi) is 6.62. The zero-order valence-electron chi connectivity index (χ0n) is 15.4. The average molecular weight is 383 g/mol. The van der Waals surface area contributed by atoms with E-state index in [-0.39, 0.29) is 11.6 Å². The Morgan fingerprint density at radius 1 is 1.30 bits per heavy atom. The van der Waals surface area contributed by atoms with Crippen LogP contribution in [0.5, 0.6) is 0 Å². The van der Waals surface area contributed by atoms with Gasteiger partial charge < -0.3 is 16.0 Å². The quantitative estimate of drug-likeness (QED) is 0.566. The normalized spacial score (nSPS) is 11.4. The van der Waals surface area contributed by atoms with Crippen LogP contribution in [0.3, 0.4) is 0 Å². The zero-order chi connectivity index (χ0) is 20.0. The molecule has 3 N–H and O–H groups in total. The number of amides is 2. The van der Waals surface area contributed by atoms with E-state index in [1.165, 1.54) is 17.5 Å². The van der Waals surface area contributed by atoms with Crippen molar-refractivity contribution in [1.82, 2.24) is 4.98 Å². The number of nitrogens with zero attached hydrogens (tertiary/aromatic N) is 3. The standard InChI is InChI=1S/C19H21N5O2S/c1-5-12(10-11-21-2)18-22-15(16(20)25)19(27-18)23-17(26)13-6-8-14(9-7-13)24(3)4/h5-11H,2H2,1,3-4H3,(H2,20,25)(H,23,26). The Labute approximate surface area is 161 Å². The molecule has 0 atom stereocenters. The molecule has 1 aromatic carbocycles. The first-order chi connectivity index (χ1) is 12.9. The van der Waals surface area contributed by atoms with Gasteiger partial charge in [0.05, 0.1) is 0 Å². The Balaban J connectivity index is 2.31. The SMILES string of the molecule is C=NC=CC(=CC)c1nc(C(N)=O)c(NC(=O)c2ccc(N(C)C)cc2)s1. The Bertz CT molecular complexity index is 911. The maximum absolute atomic E-state index is 12.5. The number of aliphatic imine (C=N–C) groups is 1. The fourth-order valence-corrected chi connectivity index (χ4v) is 3.23. The van der Waals surface area contributed by atoms with Crippen LogP contribution in [0.15, 0.2) is 47.6 Å². The molecule has 0 aliphatic carbocycles. The van der Waals surface area contributed by atoms with Gasteiger partial charge in [-0.1, -0.05) is 17.4 Å². The molecule has 1 aromatic heterocycles.